The third kappa shape index (κ3) is 2.84. The van der Waals surface area contributed by atoms with Gasteiger partial charge in [-0.2, -0.15) is 5.10 Å². The first-order valence-electron chi connectivity index (χ1n) is 8.37. The molecule has 0 bridgehead atoms. The van der Waals surface area contributed by atoms with Crippen LogP contribution in [0.5, 0.6) is 5.75 Å². The van der Waals surface area contributed by atoms with E-state index in [4.69, 9.17) is 4.74 Å². The summed E-state index contributed by atoms with van der Waals surface area (Å²) in [6.45, 7) is 2.94. The van der Waals surface area contributed by atoms with Crippen LogP contribution >= 0.6 is 0 Å². The van der Waals surface area contributed by atoms with E-state index in [1.165, 1.54) is 6.33 Å². The standard InChI is InChI=1S/C17H19N5O3/c1-11-16(23)20-14-6-2-5-13(15(14)25-11)17(24)21-7-3-4-12(8-21)22-10-18-9-19-22/h2,5-6,9-12H,3-4,7-8H2,1H3,(H,20,23)/t11-,12-/m1/s1. The van der Waals surface area contributed by atoms with Gasteiger partial charge in [0.25, 0.3) is 11.8 Å². The van der Waals surface area contributed by atoms with Crippen LogP contribution in [0.2, 0.25) is 0 Å². The summed E-state index contributed by atoms with van der Waals surface area (Å²) in [5, 5.41) is 6.97. The summed E-state index contributed by atoms with van der Waals surface area (Å²) in [6.07, 6.45) is 4.43. The maximum Gasteiger partial charge on any atom is 0.265 e. The lowest BCUT2D eigenvalue weighted by Gasteiger charge is -2.33. The lowest BCUT2D eigenvalue weighted by atomic mass is 10.0. The lowest BCUT2D eigenvalue weighted by molar-refractivity contribution is -0.122. The maximum absolute atomic E-state index is 13.1. The smallest absolute Gasteiger partial charge is 0.265 e. The number of likely N-dealkylation sites (tertiary alicyclic amines) is 1. The molecule has 4 rings (SSSR count). The lowest BCUT2D eigenvalue weighted by Crippen LogP contribution is -2.42. The number of nitrogens with one attached hydrogen (secondary N) is 1. The van der Waals surface area contributed by atoms with Gasteiger partial charge in [0.15, 0.2) is 11.9 Å². The Bertz CT molecular complexity index is 805. The van der Waals surface area contributed by atoms with Gasteiger partial charge in [0.2, 0.25) is 0 Å². The number of piperidine rings is 1. The van der Waals surface area contributed by atoms with Crippen molar-refractivity contribution in [3.63, 3.8) is 0 Å². The predicted molar refractivity (Wildman–Crippen MR) is 89.4 cm³/mol. The van der Waals surface area contributed by atoms with Gasteiger partial charge in [-0.3, -0.25) is 9.59 Å². The van der Waals surface area contributed by atoms with E-state index in [1.807, 2.05) is 4.90 Å². The van der Waals surface area contributed by atoms with E-state index in [9.17, 15) is 9.59 Å². The average Bonchev–Trinajstić information content (AvgIpc) is 3.16. The monoisotopic (exact) mass is 341 g/mol. The number of aromatic nitrogens is 3. The molecule has 0 spiro atoms. The van der Waals surface area contributed by atoms with Gasteiger partial charge in [0, 0.05) is 13.1 Å². The van der Waals surface area contributed by atoms with E-state index < -0.39 is 6.10 Å². The zero-order chi connectivity index (χ0) is 17.4. The second-order valence-electron chi connectivity index (χ2n) is 6.35. The van der Waals surface area contributed by atoms with Crippen molar-refractivity contribution in [1.82, 2.24) is 19.7 Å². The summed E-state index contributed by atoms with van der Waals surface area (Å²) in [5.41, 5.74) is 1.02. The molecule has 2 aliphatic rings. The molecular formula is C17H19N5O3. The number of carbonyl (C=O) groups excluding carboxylic acids is 2. The van der Waals surface area contributed by atoms with Crippen LogP contribution in [0.3, 0.4) is 0 Å². The molecule has 0 unspecified atom stereocenters. The Morgan fingerprint density at radius 1 is 1.40 bits per heavy atom. The van der Waals surface area contributed by atoms with Crippen molar-refractivity contribution in [3.05, 3.63) is 36.4 Å². The molecule has 130 valence electrons. The van der Waals surface area contributed by atoms with Gasteiger partial charge in [0.05, 0.1) is 17.3 Å². The molecule has 0 radical (unpaired) electrons. The summed E-state index contributed by atoms with van der Waals surface area (Å²) in [5.74, 6) is 0.147. The van der Waals surface area contributed by atoms with E-state index in [1.54, 1.807) is 36.1 Å². The summed E-state index contributed by atoms with van der Waals surface area (Å²) in [6, 6.07) is 5.36. The van der Waals surface area contributed by atoms with Crippen molar-refractivity contribution in [1.29, 1.82) is 0 Å². The molecule has 1 N–H and O–H groups in total. The number of carbonyl (C=O) groups is 2. The molecule has 8 nitrogen and oxygen atoms in total. The highest BCUT2D eigenvalue weighted by molar-refractivity contribution is 6.04. The van der Waals surface area contributed by atoms with Gasteiger partial charge in [-0.05, 0) is 31.9 Å². The number of rotatable bonds is 2. The van der Waals surface area contributed by atoms with E-state index in [-0.39, 0.29) is 17.9 Å². The van der Waals surface area contributed by atoms with Crippen molar-refractivity contribution in [3.8, 4) is 5.75 Å². The molecule has 1 aromatic heterocycles. The number of para-hydroxylation sites is 1. The number of amides is 2. The van der Waals surface area contributed by atoms with Crippen LogP contribution in [0.25, 0.3) is 0 Å². The zero-order valence-electron chi connectivity index (χ0n) is 13.9. The van der Waals surface area contributed by atoms with Crippen LogP contribution in [0, 0.1) is 0 Å². The van der Waals surface area contributed by atoms with E-state index in [0.29, 0.717) is 30.1 Å². The van der Waals surface area contributed by atoms with E-state index >= 15 is 0 Å². The molecule has 2 amide bonds. The first-order valence-corrected chi connectivity index (χ1v) is 8.37. The van der Waals surface area contributed by atoms with Crippen molar-refractivity contribution in [2.45, 2.75) is 31.9 Å². The van der Waals surface area contributed by atoms with Crippen LogP contribution in [-0.4, -0.2) is 50.7 Å². The fourth-order valence-electron chi connectivity index (χ4n) is 3.33. The highest BCUT2D eigenvalue weighted by Crippen LogP contribution is 2.34. The van der Waals surface area contributed by atoms with Crippen molar-refractivity contribution in [2.24, 2.45) is 0 Å². The summed E-state index contributed by atoms with van der Waals surface area (Å²) < 4.78 is 7.50. The molecular weight excluding hydrogens is 322 g/mol. The molecule has 0 aliphatic carbocycles. The Hall–Kier alpha value is -2.90. The van der Waals surface area contributed by atoms with Crippen molar-refractivity contribution < 1.29 is 14.3 Å². The number of benzene rings is 1. The number of fused-ring (bicyclic) bond motifs is 1. The second-order valence-corrected chi connectivity index (χ2v) is 6.35. The number of hydrogen-bond donors (Lipinski definition) is 1. The van der Waals surface area contributed by atoms with Gasteiger partial charge in [-0.15, -0.1) is 0 Å². The first-order chi connectivity index (χ1) is 12.1. The minimum absolute atomic E-state index is 0.0926. The number of anilines is 1. The van der Waals surface area contributed by atoms with Crippen molar-refractivity contribution >= 4 is 17.5 Å². The Morgan fingerprint density at radius 3 is 3.08 bits per heavy atom. The third-order valence-electron chi connectivity index (χ3n) is 4.66. The number of hydrogen-bond acceptors (Lipinski definition) is 5. The Morgan fingerprint density at radius 2 is 2.28 bits per heavy atom. The quantitative estimate of drug-likeness (QED) is 0.893. The van der Waals surface area contributed by atoms with Gasteiger partial charge in [-0.25, -0.2) is 9.67 Å². The molecule has 1 fully saturated rings. The number of nitrogens with zero attached hydrogens (tertiary/aromatic N) is 4. The molecule has 1 aromatic carbocycles. The SMILES string of the molecule is C[C@H]1Oc2c(cccc2C(=O)N2CCC[C@@H](n3cncn3)C2)NC1=O. The molecule has 2 aromatic rings. The molecule has 1 saturated heterocycles. The van der Waals surface area contributed by atoms with Gasteiger partial charge in [0.1, 0.15) is 12.7 Å². The fraction of sp³-hybridized carbons (Fsp3) is 0.412. The van der Waals surface area contributed by atoms with E-state index in [0.717, 1.165) is 12.8 Å². The van der Waals surface area contributed by atoms with E-state index in [2.05, 4.69) is 15.4 Å². The molecule has 0 saturated carbocycles. The van der Waals surface area contributed by atoms with Crippen LogP contribution in [-0.2, 0) is 4.79 Å². The molecule has 2 atom stereocenters. The van der Waals surface area contributed by atoms with Gasteiger partial charge < -0.3 is 15.0 Å². The molecule has 2 aliphatic heterocycles. The van der Waals surface area contributed by atoms with Crippen LogP contribution in [0.1, 0.15) is 36.2 Å². The maximum atomic E-state index is 13.1. The first kappa shape index (κ1) is 15.6. The third-order valence-corrected chi connectivity index (χ3v) is 4.66. The second kappa shape index (κ2) is 6.19. The van der Waals surface area contributed by atoms with Crippen molar-refractivity contribution in [2.75, 3.05) is 18.4 Å². The van der Waals surface area contributed by atoms with Gasteiger partial charge in [-0.1, -0.05) is 6.07 Å². The zero-order valence-corrected chi connectivity index (χ0v) is 13.9. The summed E-state index contributed by atoms with van der Waals surface area (Å²) in [4.78, 5) is 30.6. The van der Waals surface area contributed by atoms with Gasteiger partial charge >= 0.3 is 0 Å². The summed E-state index contributed by atoms with van der Waals surface area (Å²) in [7, 11) is 0. The Balaban J connectivity index is 1.59. The average molecular weight is 341 g/mol. The minimum atomic E-state index is -0.620. The summed E-state index contributed by atoms with van der Waals surface area (Å²) >= 11 is 0. The highest BCUT2D eigenvalue weighted by Gasteiger charge is 2.31. The molecule has 25 heavy (non-hydrogen) atoms. The molecule has 3 heterocycles. The predicted octanol–water partition coefficient (Wildman–Crippen LogP) is 1.47. The van der Waals surface area contributed by atoms with Crippen LogP contribution < -0.4 is 10.1 Å². The largest absolute Gasteiger partial charge is 0.478 e. The molecule has 8 heteroatoms. The van der Waals surface area contributed by atoms with Crippen LogP contribution in [0.15, 0.2) is 30.9 Å². The Kier molecular flexibility index (Phi) is 3.87. The normalized spacial score (nSPS) is 22.8. The topological polar surface area (TPSA) is 89.3 Å². The Labute approximate surface area is 144 Å². The fourth-order valence-corrected chi connectivity index (χ4v) is 3.33. The number of ether oxygens (including phenoxy) is 1. The minimum Gasteiger partial charge on any atom is -0.478 e. The highest BCUT2D eigenvalue weighted by atomic mass is 16.5. The van der Waals surface area contributed by atoms with Crippen LogP contribution in [0.4, 0.5) is 5.69 Å².